The van der Waals surface area contributed by atoms with Crippen LogP contribution >= 0.6 is 0 Å². The lowest BCUT2D eigenvalue weighted by Crippen LogP contribution is -2.40. The second-order valence-corrected chi connectivity index (χ2v) is 6.16. The van der Waals surface area contributed by atoms with Crippen LogP contribution in [0.3, 0.4) is 0 Å². The SMILES string of the molecule is CCOC(=O)C(Cc1ccccc1)NCCCS(=O)(=O)O. The third-order valence-corrected chi connectivity index (χ3v) is 3.63. The Bertz CT molecular complexity index is 530. The van der Waals surface area contributed by atoms with Crippen molar-refractivity contribution in [3.8, 4) is 0 Å². The van der Waals surface area contributed by atoms with E-state index in [-0.39, 0.29) is 24.7 Å². The fourth-order valence-corrected chi connectivity index (χ4v) is 2.37. The average Bonchev–Trinajstić information content (AvgIpc) is 2.42. The van der Waals surface area contributed by atoms with Crippen LogP contribution in [0.4, 0.5) is 0 Å². The number of nitrogens with one attached hydrogen (secondary N) is 1. The first-order valence-electron chi connectivity index (χ1n) is 6.81. The van der Waals surface area contributed by atoms with Crippen LogP contribution in [0.2, 0.25) is 0 Å². The minimum absolute atomic E-state index is 0.226. The van der Waals surface area contributed by atoms with E-state index >= 15 is 0 Å². The molecule has 0 aliphatic heterocycles. The van der Waals surface area contributed by atoms with E-state index in [4.69, 9.17) is 9.29 Å². The minimum Gasteiger partial charge on any atom is -0.465 e. The molecule has 1 aromatic rings. The summed E-state index contributed by atoms with van der Waals surface area (Å²) in [6, 6.07) is 8.94. The summed E-state index contributed by atoms with van der Waals surface area (Å²) in [7, 11) is -3.97. The number of rotatable bonds is 9. The fraction of sp³-hybridized carbons (Fsp3) is 0.500. The number of ether oxygens (including phenoxy) is 1. The summed E-state index contributed by atoms with van der Waals surface area (Å²) in [5.41, 5.74) is 0.984. The number of benzene rings is 1. The van der Waals surface area contributed by atoms with Crippen molar-refractivity contribution in [2.24, 2.45) is 0 Å². The predicted octanol–water partition coefficient (Wildman–Crippen LogP) is 1.03. The van der Waals surface area contributed by atoms with E-state index in [9.17, 15) is 13.2 Å². The highest BCUT2D eigenvalue weighted by Crippen LogP contribution is 2.05. The molecule has 0 heterocycles. The first-order valence-corrected chi connectivity index (χ1v) is 8.42. The number of esters is 1. The highest BCUT2D eigenvalue weighted by molar-refractivity contribution is 7.85. The summed E-state index contributed by atoms with van der Waals surface area (Å²) >= 11 is 0. The third-order valence-electron chi connectivity index (χ3n) is 2.82. The normalized spacial score (nSPS) is 12.9. The van der Waals surface area contributed by atoms with Crippen LogP contribution in [-0.2, 0) is 26.1 Å². The molecule has 1 unspecified atom stereocenters. The Labute approximate surface area is 125 Å². The molecule has 6 nitrogen and oxygen atoms in total. The Kier molecular flexibility index (Phi) is 7.35. The summed E-state index contributed by atoms with van der Waals surface area (Å²) in [6.07, 6.45) is 0.690. The highest BCUT2D eigenvalue weighted by Gasteiger charge is 2.19. The van der Waals surface area contributed by atoms with Gasteiger partial charge in [-0.3, -0.25) is 9.35 Å². The molecule has 21 heavy (non-hydrogen) atoms. The van der Waals surface area contributed by atoms with Gasteiger partial charge in [0, 0.05) is 0 Å². The van der Waals surface area contributed by atoms with Gasteiger partial charge in [0.15, 0.2) is 0 Å². The summed E-state index contributed by atoms with van der Waals surface area (Å²) in [5.74, 6) is -0.700. The molecular weight excluding hydrogens is 294 g/mol. The van der Waals surface area contributed by atoms with E-state index in [0.717, 1.165) is 5.56 Å². The largest absolute Gasteiger partial charge is 0.465 e. The van der Waals surface area contributed by atoms with Crippen molar-refractivity contribution in [2.75, 3.05) is 18.9 Å². The number of carbonyl (C=O) groups is 1. The molecule has 0 saturated heterocycles. The minimum atomic E-state index is -3.97. The van der Waals surface area contributed by atoms with Gasteiger partial charge in [0.25, 0.3) is 10.1 Å². The fourth-order valence-electron chi connectivity index (χ4n) is 1.86. The molecule has 1 atom stereocenters. The second kappa shape index (κ2) is 8.76. The number of carbonyl (C=O) groups excluding carboxylic acids is 1. The van der Waals surface area contributed by atoms with Crippen molar-refractivity contribution in [3.63, 3.8) is 0 Å². The van der Waals surface area contributed by atoms with Gasteiger partial charge in [-0.25, -0.2) is 0 Å². The molecule has 118 valence electrons. The van der Waals surface area contributed by atoms with Gasteiger partial charge in [-0.1, -0.05) is 30.3 Å². The molecule has 0 aromatic heterocycles. The zero-order valence-corrected chi connectivity index (χ0v) is 12.8. The van der Waals surface area contributed by atoms with Gasteiger partial charge < -0.3 is 10.1 Å². The maximum absolute atomic E-state index is 11.9. The van der Waals surface area contributed by atoms with E-state index in [1.807, 2.05) is 30.3 Å². The first kappa shape index (κ1) is 17.6. The number of hydrogen-bond donors (Lipinski definition) is 2. The second-order valence-electron chi connectivity index (χ2n) is 4.59. The van der Waals surface area contributed by atoms with Gasteiger partial charge >= 0.3 is 5.97 Å². The molecule has 0 fully saturated rings. The average molecular weight is 315 g/mol. The summed E-state index contributed by atoms with van der Waals surface area (Å²) in [6.45, 7) is 2.32. The van der Waals surface area contributed by atoms with Crippen LogP contribution in [-0.4, -0.2) is 43.9 Å². The molecule has 0 bridgehead atoms. The predicted molar refractivity (Wildman–Crippen MR) is 79.6 cm³/mol. The Morgan fingerprint density at radius 1 is 1.33 bits per heavy atom. The Morgan fingerprint density at radius 2 is 2.00 bits per heavy atom. The van der Waals surface area contributed by atoms with Gasteiger partial charge in [-0.2, -0.15) is 8.42 Å². The van der Waals surface area contributed by atoms with E-state index in [0.29, 0.717) is 13.0 Å². The van der Waals surface area contributed by atoms with Crippen molar-refractivity contribution < 1.29 is 22.5 Å². The van der Waals surface area contributed by atoms with E-state index < -0.39 is 16.2 Å². The molecule has 0 spiro atoms. The van der Waals surface area contributed by atoms with Crippen molar-refractivity contribution in [1.29, 1.82) is 0 Å². The van der Waals surface area contributed by atoms with Crippen LogP contribution in [0.1, 0.15) is 18.9 Å². The molecule has 0 saturated carbocycles. The number of hydrogen-bond acceptors (Lipinski definition) is 5. The molecule has 2 N–H and O–H groups in total. The van der Waals surface area contributed by atoms with Crippen LogP contribution in [0.15, 0.2) is 30.3 Å². The lowest BCUT2D eigenvalue weighted by molar-refractivity contribution is -0.145. The molecule has 0 aliphatic rings. The maximum atomic E-state index is 11.9. The Hall–Kier alpha value is -1.44. The smallest absolute Gasteiger partial charge is 0.323 e. The van der Waals surface area contributed by atoms with Gasteiger partial charge in [0.2, 0.25) is 0 Å². The zero-order valence-electron chi connectivity index (χ0n) is 12.0. The molecule has 0 radical (unpaired) electrons. The third kappa shape index (κ3) is 7.79. The topological polar surface area (TPSA) is 92.7 Å². The van der Waals surface area contributed by atoms with Gasteiger partial charge in [0.1, 0.15) is 6.04 Å². The van der Waals surface area contributed by atoms with E-state index in [1.165, 1.54) is 0 Å². The summed E-state index contributed by atoms with van der Waals surface area (Å²) < 4.78 is 34.9. The lowest BCUT2D eigenvalue weighted by Gasteiger charge is -2.17. The summed E-state index contributed by atoms with van der Waals surface area (Å²) in [5, 5.41) is 2.98. The molecule has 0 amide bonds. The van der Waals surface area contributed by atoms with Crippen LogP contribution < -0.4 is 5.32 Å². The van der Waals surface area contributed by atoms with Crippen molar-refractivity contribution in [2.45, 2.75) is 25.8 Å². The maximum Gasteiger partial charge on any atom is 0.323 e. The Morgan fingerprint density at radius 3 is 2.57 bits per heavy atom. The summed E-state index contributed by atoms with van der Waals surface area (Å²) in [4.78, 5) is 11.9. The quantitative estimate of drug-likeness (QED) is 0.402. The van der Waals surface area contributed by atoms with Crippen molar-refractivity contribution >= 4 is 16.1 Å². The lowest BCUT2D eigenvalue weighted by atomic mass is 10.1. The Balaban J connectivity index is 2.54. The van der Waals surface area contributed by atoms with Gasteiger partial charge in [-0.15, -0.1) is 0 Å². The zero-order chi connectivity index (χ0) is 15.7. The van der Waals surface area contributed by atoms with Crippen molar-refractivity contribution in [3.05, 3.63) is 35.9 Å². The monoisotopic (exact) mass is 315 g/mol. The highest BCUT2D eigenvalue weighted by atomic mass is 32.2. The van der Waals surface area contributed by atoms with Crippen LogP contribution in [0.25, 0.3) is 0 Å². The van der Waals surface area contributed by atoms with Crippen LogP contribution in [0, 0.1) is 0 Å². The van der Waals surface area contributed by atoms with Gasteiger partial charge in [-0.05, 0) is 31.9 Å². The van der Waals surface area contributed by atoms with E-state index in [1.54, 1.807) is 6.92 Å². The molecule has 1 rings (SSSR count). The van der Waals surface area contributed by atoms with E-state index in [2.05, 4.69) is 5.32 Å². The molecule has 7 heteroatoms. The van der Waals surface area contributed by atoms with Crippen LogP contribution in [0.5, 0.6) is 0 Å². The molecule has 0 aliphatic carbocycles. The van der Waals surface area contributed by atoms with Crippen molar-refractivity contribution in [1.82, 2.24) is 5.32 Å². The van der Waals surface area contributed by atoms with Gasteiger partial charge in [0.05, 0.1) is 12.4 Å². The molecular formula is C14H21NO5S. The first-order chi connectivity index (χ1) is 9.92. The standard InChI is InChI=1S/C14H21NO5S/c1-2-20-14(16)13(11-12-7-4-3-5-8-12)15-9-6-10-21(17,18)19/h3-5,7-8,13,15H,2,6,9-11H2,1H3,(H,17,18,19). The molecule has 1 aromatic carbocycles.